The first-order valence-electron chi connectivity index (χ1n) is 6.59. The van der Waals surface area contributed by atoms with Crippen LogP contribution in [0.5, 0.6) is 0 Å². The molecule has 0 aromatic rings. The Hall–Kier alpha value is -0.570. The van der Waals surface area contributed by atoms with Crippen molar-refractivity contribution in [3.05, 3.63) is 0 Å². The predicted octanol–water partition coefficient (Wildman–Crippen LogP) is 2.22. The second kappa shape index (κ2) is 5.17. The molecule has 3 heteroatoms. The molecule has 3 nitrogen and oxygen atoms in total. The van der Waals surface area contributed by atoms with Crippen LogP contribution in [0.2, 0.25) is 0 Å². The molecular formula is C13H23NO2. The van der Waals surface area contributed by atoms with Crippen molar-refractivity contribution < 1.29 is 9.90 Å². The maximum atomic E-state index is 10.7. The molecule has 2 fully saturated rings. The zero-order valence-electron chi connectivity index (χ0n) is 10.2. The molecule has 92 valence electrons. The number of hydrogen-bond acceptors (Lipinski definition) is 2. The summed E-state index contributed by atoms with van der Waals surface area (Å²) in [6.45, 7) is 5.72. The summed E-state index contributed by atoms with van der Waals surface area (Å²) < 4.78 is 0. The van der Waals surface area contributed by atoms with E-state index in [1.54, 1.807) is 0 Å². The third-order valence-electron chi connectivity index (χ3n) is 4.06. The Morgan fingerprint density at radius 2 is 2.19 bits per heavy atom. The van der Waals surface area contributed by atoms with Gasteiger partial charge in [0, 0.05) is 19.5 Å². The van der Waals surface area contributed by atoms with E-state index >= 15 is 0 Å². The summed E-state index contributed by atoms with van der Waals surface area (Å²) in [4.78, 5) is 13.3. The predicted molar refractivity (Wildman–Crippen MR) is 63.3 cm³/mol. The van der Waals surface area contributed by atoms with Gasteiger partial charge in [-0.15, -0.1) is 0 Å². The molecule has 1 saturated carbocycles. The molecule has 2 rings (SSSR count). The first-order chi connectivity index (χ1) is 7.65. The van der Waals surface area contributed by atoms with E-state index in [2.05, 4.69) is 11.8 Å². The number of piperidine rings is 1. The quantitative estimate of drug-likeness (QED) is 0.780. The van der Waals surface area contributed by atoms with Crippen LogP contribution in [0.3, 0.4) is 0 Å². The van der Waals surface area contributed by atoms with Gasteiger partial charge in [0.1, 0.15) is 0 Å². The maximum Gasteiger partial charge on any atom is 0.303 e. The lowest BCUT2D eigenvalue weighted by molar-refractivity contribution is -0.138. The normalized spacial score (nSPS) is 28.9. The molecule has 1 aliphatic heterocycles. The minimum Gasteiger partial charge on any atom is -0.481 e. The fourth-order valence-electron chi connectivity index (χ4n) is 2.83. The number of likely N-dealkylation sites (tertiary alicyclic amines) is 1. The minimum atomic E-state index is -0.646. The standard InChI is InChI=1S/C13H23NO2/c1-10(7-13(15)16)12-3-2-6-14(9-12)8-11-4-5-11/h10-12H,2-9H2,1H3,(H,15,16). The van der Waals surface area contributed by atoms with E-state index in [-0.39, 0.29) is 0 Å². The molecular weight excluding hydrogens is 202 g/mol. The summed E-state index contributed by atoms with van der Waals surface area (Å²) in [7, 11) is 0. The Kier molecular flexibility index (Phi) is 3.85. The average Bonchev–Trinajstić information content (AvgIpc) is 3.01. The number of rotatable bonds is 5. The molecule has 2 unspecified atom stereocenters. The van der Waals surface area contributed by atoms with Crippen LogP contribution < -0.4 is 0 Å². The summed E-state index contributed by atoms with van der Waals surface area (Å²) in [5.41, 5.74) is 0. The molecule has 0 aromatic carbocycles. The number of nitrogens with zero attached hydrogens (tertiary/aromatic N) is 1. The molecule has 1 N–H and O–H groups in total. The van der Waals surface area contributed by atoms with Crippen LogP contribution in [0, 0.1) is 17.8 Å². The van der Waals surface area contributed by atoms with E-state index in [0.717, 1.165) is 12.5 Å². The fraction of sp³-hybridized carbons (Fsp3) is 0.923. The molecule has 0 spiro atoms. The molecule has 1 aliphatic carbocycles. The highest BCUT2D eigenvalue weighted by molar-refractivity contribution is 5.66. The number of carboxylic acid groups (broad SMARTS) is 1. The molecule has 16 heavy (non-hydrogen) atoms. The molecule has 0 amide bonds. The van der Waals surface area contributed by atoms with Gasteiger partial charge in [-0.2, -0.15) is 0 Å². The largest absolute Gasteiger partial charge is 0.481 e. The molecule has 0 radical (unpaired) electrons. The monoisotopic (exact) mass is 225 g/mol. The van der Waals surface area contributed by atoms with Crippen molar-refractivity contribution in [3.8, 4) is 0 Å². The van der Waals surface area contributed by atoms with Crippen molar-refractivity contribution in [1.29, 1.82) is 0 Å². The number of hydrogen-bond donors (Lipinski definition) is 1. The van der Waals surface area contributed by atoms with E-state index in [9.17, 15) is 4.79 Å². The zero-order chi connectivity index (χ0) is 11.5. The Labute approximate surface area is 97.8 Å². The average molecular weight is 225 g/mol. The molecule has 1 heterocycles. The highest BCUT2D eigenvalue weighted by atomic mass is 16.4. The van der Waals surface area contributed by atoms with Crippen molar-refractivity contribution in [3.63, 3.8) is 0 Å². The van der Waals surface area contributed by atoms with Crippen molar-refractivity contribution in [2.45, 2.75) is 39.0 Å². The summed E-state index contributed by atoms with van der Waals surface area (Å²) in [5, 5.41) is 8.82. The van der Waals surface area contributed by atoms with Crippen LogP contribution in [0.15, 0.2) is 0 Å². The van der Waals surface area contributed by atoms with Gasteiger partial charge in [-0.05, 0) is 50.0 Å². The first kappa shape index (κ1) is 11.9. The summed E-state index contributed by atoms with van der Waals surface area (Å²) in [5.74, 6) is 1.24. The summed E-state index contributed by atoms with van der Waals surface area (Å²) >= 11 is 0. The van der Waals surface area contributed by atoms with Gasteiger partial charge in [-0.25, -0.2) is 0 Å². The fourth-order valence-corrected chi connectivity index (χ4v) is 2.83. The third kappa shape index (κ3) is 3.48. The van der Waals surface area contributed by atoms with Crippen molar-refractivity contribution >= 4 is 5.97 Å². The third-order valence-corrected chi connectivity index (χ3v) is 4.06. The Balaban J connectivity index is 1.77. The smallest absolute Gasteiger partial charge is 0.303 e. The lowest BCUT2D eigenvalue weighted by Crippen LogP contribution is -2.39. The number of carboxylic acids is 1. The topological polar surface area (TPSA) is 40.5 Å². The maximum absolute atomic E-state index is 10.7. The molecule has 2 atom stereocenters. The van der Waals surface area contributed by atoms with E-state index in [0.29, 0.717) is 18.3 Å². The second-order valence-corrected chi connectivity index (χ2v) is 5.68. The number of aliphatic carboxylic acids is 1. The van der Waals surface area contributed by atoms with Gasteiger partial charge in [0.05, 0.1) is 0 Å². The summed E-state index contributed by atoms with van der Waals surface area (Å²) in [6, 6.07) is 0. The van der Waals surface area contributed by atoms with Gasteiger partial charge in [0.15, 0.2) is 0 Å². The van der Waals surface area contributed by atoms with Crippen LogP contribution in [0.1, 0.15) is 39.0 Å². The van der Waals surface area contributed by atoms with Crippen LogP contribution in [-0.2, 0) is 4.79 Å². The lowest BCUT2D eigenvalue weighted by Gasteiger charge is -2.35. The van der Waals surface area contributed by atoms with Gasteiger partial charge >= 0.3 is 5.97 Å². The molecule has 1 saturated heterocycles. The van der Waals surface area contributed by atoms with Gasteiger partial charge in [-0.3, -0.25) is 4.79 Å². The van der Waals surface area contributed by atoms with Gasteiger partial charge < -0.3 is 10.0 Å². The Bertz CT molecular complexity index is 250. The van der Waals surface area contributed by atoms with Crippen LogP contribution in [-0.4, -0.2) is 35.6 Å². The first-order valence-corrected chi connectivity index (χ1v) is 6.59. The van der Waals surface area contributed by atoms with Gasteiger partial charge in [0.2, 0.25) is 0 Å². The van der Waals surface area contributed by atoms with E-state index in [4.69, 9.17) is 5.11 Å². The van der Waals surface area contributed by atoms with E-state index in [1.165, 1.54) is 38.8 Å². The molecule has 2 aliphatic rings. The van der Waals surface area contributed by atoms with Crippen molar-refractivity contribution in [1.82, 2.24) is 4.90 Å². The van der Waals surface area contributed by atoms with Gasteiger partial charge in [0.25, 0.3) is 0 Å². The van der Waals surface area contributed by atoms with Crippen LogP contribution >= 0.6 is 0 Å². The van der Waals surface area contributed by atoms with Crippen LogP contribution in [0.4, 0.5) is 0 Å². The molecule has 0 bridgehead atoms. The second-order valence-electron chi connectivity index (χ2n) is 5.68. The Morgan fingerprint density at radius 3 is 2.81 bits per heavy atom. The van der Waals surface area contributed by atoms with Gasteiger partial charge in [-0.1, -0.05) is 6.92 Å². The molecule has 0 aromatic heterocycles. The highest BCUT2D eigenvalue weighted by Crippen LogP contribution is 2.32. The van der Waals surface area contributed by atoms with Crippen molar-refractivity contribution in [2.24, 2.45) is 17.8 Å². The van der Waals surface area contributed by atoms with Crippen molar-refractivity contribution in [2.75, 3.05) is 19.6 Å². The minimum absolute atomic E-state index is 0.333. The SMILES string of the molecule is CC(CC(=O)O)C1CCCN(CC2CC2)C1. The number of carbonyl (C=O) groups is 1. The van der Waals surface area contributed by atoms with Crippen LogP contribution in [0.25, 0.3) is 0 Å². The summed E-state index contributed by atoms with van der Waals surface area (Å²) in [6.07, 6.45) is 5.62. The van der Waals surface area contributed by atoms with E-state index < -0.39 is 5.97 Å². The highest BCUT2D eigenvalue weighted by Gasteiger charge is 2.29. The Morgan fingerprint density at radius 1 is 1.44 bits per heavy atom. The lowest BCUT2D eigenvalue weighted by atomic mass is 9.84. The van der Waals surface area contributed by atoms with E-state index in [1.807, 2.05) is 0 Å². The zero-order valence-corrected chi connectivity index (χ0v) is 10.2.